The van der Waals surface area contributed by atoms with Gasteiger partial charge in [0.25, 0.3) is 5.56 Å². The molecule has 10 heteroatoms. The van der Waals surface area contributed by atoms with Crippen LogP contribution in [0.15, 0.2) is 47.5 Å². The van der Waals surface area contributed by atoms with Gasteiger partial charge in [0, 0.05) is 23.0 Å². The summed E-state index contributed by atoms with van der Waals surface area (Å²) in [6.07, 6.45) is 2.57. The maximum atomic E-state index is 12.9. The van der Waals surface area contributed by atoms with Gasteiger partial charge in [-0.2, -0.15) is 0 Å². The van der Waals surface area contributed by atoms with Crippen LogP contribution in [0.1, 0.15) is 19.3 Å². The van der Waals surface area contributed by atoms with Crippen LogP contribution in [0.5, 0.6) is 0 Å². The maximum Gasteiger partial charge on any atom is 0.280 e. The fraction of sp³-hybridized carbons (Fsp3) is 0.333. The lowest BCUT2D eigenvalue weighted by Gasteiger charge is -2.28. The van der Waals surface area contributed by atoms with Crippen LogP contribution >= 0.6 is 36.4 Å². The number of aliphatic hydroxyl groups is 1. The van der Waals surface area contributed by atoms with Gasteiger partial charge in [-0.25, -0.2) is 9.97 Å². The number of aromatic nitrogens is 3. The van der Waals surface area contributed by atoms with Crippen molar-refractivity contribution in [2.45, 2.75) is 38.0 Å². The number of halogens is 3. The van der Waals surface area contributed by atoms with E-state index in [2.05, 4.69) is 15.3 Å². The van der Waals surface area contributed by atoms with Crippen molar-refractivity contribution in [2.24, 2.45) is 0 Å². The molecule has 1 aromatic carbocycles. The second-order valence-electron chi connectivity index (χ2n) is 7.27. The highest BCUT2D eigenvalue weighted by molar-refractivity contribution is 6.30. The summed E-state index contributed by atoms with van der Waals surface area (Å²) >= 11 is 6.05. The molecule has 2 atom stereocenters. The van der Waals surface area contributed by atoms with E-state index in [-0.39, 0.29) is 60.7 Å². The first-order valence-electron chi connectivity index (χ1n) is 9.56. The van der Waals surface area contributed by atoms with E-state index in [0.717, 1.165) is 18.5 Å². The molecular formula is C21H23Cl3N4O3. The summed E-state index contributed by atoms with van der Waals surface area (Å²) in [5, 5.41) is 13.8. The van der Waals surface area contributed by atoms with Gasteiger partial charge in [0.05, 0.1) is 30.2 Å². The first kappa shape index (κ1) is 25.2. The lowest BCUT2D eigenvalue weighted by atomic mass is 9.97. The summed E-state index contributed by atoms with van der Waals surface area (Å²) in [6.45, 7) is 0.679. The third kappa shape index (κ3) is 5.81. The first-order chi connectivity index (χ1) is 14.0. The standard InChI is InChI=1S/C21H21ClN4O3.2ClH/c22-14-4-1-3-13(9-14)16-6-7-17-20(25-16)21(29)26(12-24-17)11-15(27)10-18-19(28)5-2-8-23-18;;/h1,3-4,6-7,9,12,18-19,23,28H,2,5,8,10-11H2;2*1H/t18-,19+;;/m1../s1. The summed E-state index contributed by atoms with van der Waals surface area (Å²) in [5.74, 6) is -0.141. The molecule has 0 aliphatic carbocycles. The van der Waals surface area contributed by atoms with Crippen molar-refractivity contribution in [3.63, 3.8) is 0 Å². The molecule has 4 rings (SSSR count). The Balaban J connectivity index is 0.00000171. The van der Waals surface area contributed by atoms with Crippen LogP contribution in [0.3, 0.4) is 0 Å². The van der Waals surface area contributed by atoms with Gasteiger partial charge in [-0.3, -0.25) is 14.2 Å². The topological polar surface area (TPSA) is 97.1 Å². The highest BCUT2D eigenvalue weighted by Crippen LogP contribution is 2.22. The number of fused-ring (bicyclic) bond motifs is 1. The average Bonchev–Trinajstić information content (AvgIpc) is 2.72. The Hall–Kier alpha value is -2.03. The number of nitrogens with zero attached hydrogens (tertiary/aromatic N) is 3. The number of rotatable bonds is 5. The third-order valence-corrected chi connectivity index (χ3v) is 5.37. The summed E-state index contributed by atoms with van der Waals surface area (Å²) in [4.78, 5) is 34.1. The van der Waals surface area contributed by atoms with Crippen LogP contribution in [0.2, 0.25) is 5.02 Å². The zero-order valence-electron chi connectivity index (χ0n) is 16.5. The molecule has 0 amide bonds. The second kappa shape index (κ2) is 11.0. The summed E-state index contributed by atoms with van der Waals surface area (Å²) in [6, 6.07) is 10.5. The molecule has 31 heavy (non-hydrogen) atoms. The first-order valence-corrected chi connectivity index (χ1v) is 9.94. The molecule has 3 aromatic rings. The summed E-state index contributed by atoms with van der Waals surface area (Å²) < 4.78 is 1.27. The summed E-state index contributed by atoms with van der Waals surface area (Å²) in [7, 11) is 0. The van der Waals surface area contributed by atoms with Gasteiger partial charge in [-0.1, -0.05) is 23.7 Å². The monoisotopic (exact) mass is 484 g/mol. The quantitative estimate of drug-likeness (QED) is 0.576. The van der Waals surface area contributed by atoms with Crippen molar-refractivity contribution in [1.29, 1.82) is 0 Å². The van der Waals surface area contributed by atoms with Crippen molar-refractivity contribution in [1.82, 2.24) is 19.9 Å². The number of hydrogen-bond donors (Lipinski definition) is 2. The number of pyridine rings is 1. The van der Waals surface area contributed by atoms with Gasteiger partial charge >= 0.3 is 0 Å². The number of nitrogens with one attached hydrogen (secondary N) is 1. The Morgan fingerprint density at radius 2 is 2.06 bits per heavy atom. The number of aliphatic hydroxyl groups excluding tert-OH is 1. The van der Waals surface area contributed by atoms with E-state index in [0.29, 0.717) is 22.7 Å². The van der Waals surface area contributed by atoms with Gasteiger partial charge < -0.3 is 10.4 Å². The van der Waals surface area contributed by atoms with Crippen LogP contribution in [-0.4, -0.2) is 44.1 Å². The zero-order chi connectivity index (χ0) is 20.4. The molecule has 2 aromatic heterocycles. The molecular weight excluding hydrogens is 463 g/mol. The Labute approximate surface area is 196 Å². The molecule has 166 valence electrons. The lowest BCUT2D eigenvalue weighted by molar-refractivity contribution is -0.121. The number of piperidine rings is 1. The van der Waals surface area contributed by atoms with Crippen molar-refractivity contribution in [3.8, 4) is 11.3 Å². The van der Waals surface area contributed by atoms with E-state index < -0.39 is 6.10 Å². The molecule has 0 radical (unpaired) electrons. The molecule has 1 fully saturated rings. The molecule has 0 saturated carbocycles. The number of Topliss-reactive ketones (excluding diaryl/α,β-unsaturated/α-hetero) is 1. The van der Waals surface area contributed by atoms with E-state index in [1.54, 1.807) is 24.3 Å². The highest BCUT2D eigenvalue weighted by atomic mass is 35.5. The van der Waals surface area contributed by atoms with Crippen molar-refractivity contribution in [2.75, 3.05) is 6.54 Å². The van der Waals surface area contributed by atoms with Gasteiger partial charge in [-0.05, 0) is 43.7 Å². The molecule has 1 aliphatic heterocycles. The number of hydrogen-bond acceptors (Lipinski definition) is 6. The highest BCUT2D eigenvalue weighted by Gasteiger charge is 2.25. The zero-order valence-corrected chi connectivity index (χ0v) is 18.9. The van der Waals surface area contributed by atoms with Crippen LogP contribution in [0.4, 0.5) is 0 Å². The lowest BCUT2D eigenvalue weighted by Crippen LogP contribution is -2.46. The second-order valence-corrected chi connectivity index (χ2v) is 7.70. The molecule has 2 N–H and O–H groups in total. The van der Waals surface area contributed by atoms with Crippen LogP contribution < -0.4 is 10.9 Å². The van der Waals surface area contributed by atoms with Gasteiger partial charge in [-0.15, -0.1) is 24.8 Å². The molecule has 7 nitrogen and oxygen atoms in total. The maximum absolute atomic E-state index is 12.9. The van der Waals surface area contributed by atoms with Crippen LogP contribution in [-0.2, 0) is 11.3 Å². The number of benzene rings is 1. The Bertz CT molecular complexity index is 1120. The van der Waals surface area contributed by atoms with E-state index in [1.807, 2.05) is 12.1 Å². The van der Waals surface area contributed by atoms with E-state index in [4.69, 9.17) is 11.6 Å². The van der Waals surface area contributed by atoms with Gasteiger partial charge in [0.1, 0.15) is 0 Å². The molecule has 0 unspecified atom stereocenters. The minimum absolute atomic E-state index is 0. The Kier molecular flexibility index (Phi) is 8.97. The number of carbonyl (C=O) groups excluding carboxylic acids is 1. The van der Waals surface area contributed by atoms with E-state index in [1.165, 1.54) is 10.9 Å². The Morgan fingerprint density at radius 1 is 1.26 bits per heavy atom. The minimum atomic E-state index is -0.541. The predicted molar refractivity (Wildman–Crippen MR) is 125 cm³/mol. The summed E-state index contributed by atoms with van der Waals surface area (Å²) in [5.41, 5.74) is 1.70. The normalized spacial score (nSPS) is 18.1. The fourth-order valence-electron chi connectivity index (χ4n) is 3.60. The van der Waals surface area contributed by atoms with Crippen LogP contribution in [0.25, 0.3) is 22.3 Å². The van der Waals surface area contributed by atoms with Gasteiger partial charge in [0.2, 0.25) is 0 Å². The SMILES string of the molecule is Cl.Cl.O=C(C[C@H]1NCCC[C@@H]1O)Cn1cnc2ccc(-c3cccc(Cl)c3)nc2c1=O. The molecule has 0 bridgehead atoms. The number of carbonyl (C=O) groups is 1. The predicted octanol–water partition coefficient (Wildman–Crippen LogP) is 3.03. The van der Waals surface area contributed by atoms with Crippen molar-refractivity contribution in [3.05, 3.63) is 58.1 Å². The molecule has 0 spiro atoms. The van der Waals surface area contributed by atoms with Crippen molar-refractivity contribution >= 4 is 53.2 Å². The van der Waals surface area contributed by atoms with Crippen molar-refractivity contribution < 1.29 is 9.90 Å². The Morgan fingerprint density at radius 3 is 2.81 bits per heavy atom. The average molecular weight is 486 g/mol. The van der Waals surface area contributed by atoms with E-state index >= 15 is 0 Å². The molecule has 1 aliphatic rings. The van der Waals surface area contributed by atoms with E-state index in [9.17, 15) is 14.7 Å². The smallest absolute Gasteiger partial charge is 0.280 e. The molecule has 1 saturated heterocycles. The van der Waals surface area contributed by atoms with Gasteiger partial charge in [0.15, 0.2) is 11.3 Å². The fourth-order valence-corrected chi connectivity index (χ4v) is 3.79. The number of ketones is 1. The largest absolute Gasteiger partial charge is 0.391 e. The minimum Gasteiger partial charge on any atom is -0.391 e. The third-order valence-electron chi connectivity index (χ3n) is 5.14. The van der Waals surface area contributed by atoms with Crippen LogP contribution in [0, 0.1) is 0 Å². The molecule has 3 heterocycles.